The predicted octanol–water partition coefficient (Wildman–Crippen LogP) is 1.96. The lowest BCUT2D eigenvalue weighted by Crippen LogP contribution is -2.40. The molecular formula is C16H23NO3. The van der Waals surface area contributed by atoms with Crippen LogP contribution in [-0.4, -0.2) is 30.3 Å². The topological polar surface area (TPSA) is 58.6 Å². The molecule has 0 spiro atoms. The monoisotopic (exact) mass is 277 g/mol. The number of benzene rings is 1. The molecular weight excluding hydrogens is 254 g/mol. The van der Waals surface area contributed by atoms with Crippen molar-refractivity contribution in [3.63, 3.8) is 0 Å². The molecule has 1 saturated carbocycles. The second kappa shape index (κ2) is 6.75. The van der Waals surface area contributed by atoms with Gasteiger partial charge in [0.15, 0.2) is 6.61 Å². The number of aryl methyl sites for hydroxylation is 2. The van der Waals surface area contributed by atoms with Gasteiger partial charge >= 0.3 is 0 Å². The standard InChI is InChI=1S/C16H23NO3/c1-11-6-12(2)8-14(7-11)20-10-16(19)17-15-5-3-4-13(15)9-18/h6-8,13,15,18H,3-5,9-10H2,1-2H3,(H,17,19). The Morgan fingerprint density at radius 3 is 2.65 bits per heavy atom. The van der Waals surface area contributed by atoms with Crippen LogP contribution in [0.1, 0.15) is 30.4 Å². The first-order valence-corrected chi connectivity index (χ1v) is 7.20. The molecule has 1 aliphatic rings. The molecule has 0 bridgehead atoms. The fourth-order valence-corrected chi connectivity index (χ4v) is 2.86. The third-order valence-electron chi connectivity index (χ3n) is 3.81. The normalized spacial score (nSPS) is 21.8. The van der Waals surface area contributed by atoms with Crippen molar-refractivity contribution in [3.05, 3.63) is 29.3 Å². The maximum absolute atomic E-state index is 11.9. The number of ether oxygens (including phenoxy) is 1. The summed E-state index contributed by atoms with van der Waals surface area (Å²) in [5.74, 6) is 0.803. The third kappa shape index (κ3) is 3.97. The first-order valence-electron chi connectivity index (χ1n) is 7.20. The number of aliphatic hydroxyl groups is 1. The number of hydrogen-bond acceptors (Lipinski definition) is 3. The lowest BCUT2D eigenvalue weighted by atomic mass is 10.1. The van der Waals surface area contributed by atoms with Crippen LogP contribution < -0.4 is 10.1 Å². The molecule has 1 aromatic carbocycles. The molecule has 0 aliphatic heterocycles. The van der Waals surface area contributed by atoms with Gasteiger partial charge in [0.1, 0.15) is 5.75 Å². The third-order valence-corrected chi connectivity index (χ3v) is 3.81. The van der Waals surface area contributed by atoms with E-state index >= 15 is 0 Å². The predicted molar refractivity (Wildman–Crippen MR) is 77.8 cm³/mol. The Kier molecular flexibility index (Phi) is 5.01. The lowest BCUT2D eigenvalue weighted by molar-refractivity contribution is -0.124. The molecule has 2 atom stereocenters. The fourth-order valence-electron chi connectivity index (χ4n) is 2.86. The Morgan fingerprint density at radius 2 is 2.00 bits per heavy atom. The minimum absolute atomic E-state index is 0.0253. The average molecular weight is 277 g/mol. The molecule has 0 radical (unpaired) electrons. The molecule has 1 aromatic rings. The summed E-state index contributed by atoms with van der Waals surface area (Å²) in [6.07, 6.45) is 2.99. The maximum atomic E-state index is 11.9. The van der Waals surface area contributed by atoms with Crippen LogP contribution in [0.5, 0.6) is 5.75 Å². The summed E-state index contributed by atoms with van der Waals surface area (Å²) in [7, 11) is 0. The van der Waals surface area contributed by atoms with Gasteiger partial charge < -0.3 is 15.2 Å². The molecule has 2 N–H and O–H groups in total. The summed E-state index contributed by atoms with van der Waals surface area (Å²) in [6.45, 7) is 4.18. The highest BCUT2D eigenvalue weighted by Gasteiger charge is 2.27. The van der Waals surface area contributed by atoms with Crippen molar-refractivity contribution < 1.29 is 14.6 Å². The van der Waals surface area contributed by atoms with Gasteiger partial charge in [0.2, 0.25) is 0 Å². The zero-order valence-corrected chi connectivity index (χ0v) is 12.2. The van der Waals surface area contributed by atoms with Crippen LogP contribution in [0, 0.1) is 19.8 Å². The van der Waals surface area contributed by atoms with Gasteiger partial charge in [-0.15, -0.1) is 0 Å². The minimum Gasteiger partial charge on any atom is -0.484 e. The first-order chi connectivity index (χ1) is 9.58. The first kappa shape index (κ1) is 14.9. The molecule has 1 fully saturated rings. The van der Waals surface area contributed by atoms with Crippen LogP contribution in [0.4, 0.5) is 0 Å². The smallest absolute Gasteiger partial charge is 0.258 e. The summed E-state index contributed by atoms with van der Waals surface area (Å²) in [6, 6.07) is 6.01. The van der Waals surface area contributed by atoms with Crippen molar-refractivity contribution in [1.29, 1.82) is 0 Å². The van der Waals surface area contributed by atoms with E-state index in [2.05, 4.69) is 11.4 Å². The van der Waals surface area contributed by atoms with Gasteiger partial charge in [-0.25, -0.2) is 0 Å². The largest absolute Gasteiger partial charge is 0.484 e. The second-order valence-electron chi connectivity index (χ2n) is 5.66. The summed E-state index contributed by atoms with van der Waals surface area (Å²) < 4.78 is 5.53. The summed E-state index contributed by atoms with van der Waals surface area (Å²) in [5, 5.41) is 12.2. The molecule has 4 heteroatoms. The molecule has 0 heterocycles. The Bertz CT molecular complexity index is 453. The number of aliphatic hydroxyl groups excluding tert-OH is 1. The van der Waals surface area contributed by atoms with E-state index in [4.69, 9.17) is 4.74 Å². The van der Waals surface area contributed by atoms with Crippen LogP contribution in [0.25, 0.3) is 0 Å². The zero-order chi connectivity index (χ0) is 14.5. The van der Waals surface area contributed by atoms with Crippen LogP contribution in [0.15, 0.2) is 18.2 Å². The summed E-state index contributed by atoms with van der Waals surface area (Å²) in [4.78, 5) is 11.9. The number of carbonyl (C=O) groups is 1. The molecule has 2 rings (SSSR count). The van der Waals surface area contributed by atoms with Crippen LogP contribution in [0.2, 0.25) is 0 Å². The van der Waals surface area contributed by atoms with Crippen LogP contribution >= 0.6 is 0 Å². The van der Waals surface area contributed by atoms with Gasteiger partial charge in [0, 0.05) is 18.6 Å². The van der Waals surface area contributed by atoms with Gasteiger partial charge in [0.25, 0.3) is 5.91 Å². The highest BCUT2D eigenvalue weighted by atomic mass is 16.5. The van der Waals surface area contributed by atoms with Gasteiger partial charge in [-0.3, -0.25) is 4.79 Å². The Labute approximate surface area is 120 Å². The molecule has 4 nitrogen and oxygen atoms in total. The molecule has 0 saturated heterocycles. The van der Waals surface area contributed by atoms with Crippen molar-refractivity contribution in [2.45, 2.75) is 39.2 Å². The van der Waals surface area contributed by atoms with Crippen molar-refractivity contribution >= 4 is 5.91 Å². The molecule has 110 valence electrons. The molecule has 0 aromatic heterocycles. The maximum Gasteiger partial charge on any atom is 0.258 e. The van der Waals surface area contributed by atoms with Crippen molar-refractivity contribution in [2.24, 2.45) is 5.92 Å². The van der Waals surface area contributed by atoms with Gasteiger partial charge in [-0.05, 0) is 49.9 Å². The van der Waals surface area contributed by atoms with Crippen LogP contribution in [0.3, 0.4) is 0 Å². The number of amides is 1. The minimum atomic E-state index is -0.116. The quantitative estimate of drug-likeness (QED) is 0.865. The Hall–Kier alpha value is -1.55. The SMILES string of the molecule is Cc1cc(C)cc(OCC(=O)NC2CCCC2CO)c1. The summed E-state index contributed by atoms with van der Waals surface area (Å²) >= 11 is 0. The Morgan fingerprint density at radius 1 is 1.30 bits per heavy atom. The average Bonchev–Trinajstić information content (AvgIpc) is 2.82. The number of hydrogen-bond donors (Lipinski definition) is 2. The lowest BCUT2D eigenvalue weighted by Gasteiger charge is -2.19. The van der Waals surface area contributed by atoms with Crippen LogP contribution in [-0.2, 0) is 4.79 Å². The number of rotatable bonds is 5. The molecule has 1 amide bonds. The fraction of sp³-hybridized carbons (Fsp3) is 0.562. The zero-order valence-electron chi connectivity index (χ0n) is 12.2. The highest BCUT2D eigenvalue weighted by Crippen LogP contribution is 2.25. The van der Waals surface area contributed by atoms with E-state index in [9.17, 15) is 9.90 Å². The van der Waals surface area contributed by atoms with E-state index in [0.717, 1.165) is 36.1 Å². The molecule has 1 aliphatic carbocycles. The molecule has 20 heavy (non-hydrogen) atoms. The van der Waals surface area contributed by atoms with Gasteiger partial charge in [-0.2, -0.15) is 0 Å². The van der Waals surface area contributed by atoms with E-state index < -0.39 is 0 Å². The van der Waals surface area contributed by atoms with Crippen molar-refractivity contribution in [3.8, 4) is 5.75 Å². The van der Waals surface area contributed by atoms with E-state index in [-0.39, 0.29) is 31.1 Å². The van der Waals surface area contributed by atoms with Crippen molar-refractivity contribution in [1.82, 2.24) is 5.32 Å². The van der Waals surface area contributed by atoms with Crippen molar-refractivity contribution in [2.75, 3.05) is 13.2 Å². The van der Waals surface area contributed by atoms with Gasteiger partial charge in [0.05, 0.1) is 0 Å². The van der Waals surface area contributed by atoms with E-state index in [1.165, 1.54) is 0 Å². The van der Waals surface area contributed by atoms with E-state index in [1.54, 1.807) is 0 Å². The number of carbonyl (C=O) groups excluding carboxylic acids is 1. The highest BCUT2D eigenvalue weighted by molar-refractivity contribution is 5.77. The van der Waals surface area contributed by atoms with E-state index in [1.807, 2.05) is 26.0 Å². The molecule has 2 unspecified atom stereocenters. The second-order valence-corrected chi connectivity index (χ2v) is 5.66. The number of nitrogens with one attached hydrogen (secondary N) is 1. The Balaban J connectivity index is 1.83. The van der Waals surface area contributed by atoms with E-state index in [0.29, 0.717) is 0 Å². The summed E-state index contributed by atoms with van der Waals surface area (Å²) in [5.41, 5.74) is 2.24. The van der Waals surface area contributed by atoms with Gasteiger partial charge in [-0.1, -0.05) is 12.5 Å².